The van der Waals surface area contributed by atoms with Crippen LogP contribution in [0.15, 0.2) is 18.5 Å². The number of carbonyl (C=O) groups is 1. The summed E-state index contributed by atoms with van der Waals surface area (Å²) in [6.07, 6.45) is 6.27. The molecule has 0 spiro atoms. The second-order valence-electron chi connectivity index (χ2n) is 5.70. The first kappa shape index (κ1) is 15.0. The third-order valence-electron chi connectivity index (χ3n) is 3.90. The number of nitrogens with one attached hydrogen (secondary N) is 1. The van der Waals surface area contributed by atoms with Gasteiger partial charge >= 0.3 is 0 Å². The van der Waals surface area contributed by atoms with Crippen LogP contribution in [0.4, 0.5) is 5.69 Å². The van der Waals surface area contributed by atoms with Crippen LogP contribution >= 0.6 is 0 Å². The molecule has 0 bridgehead atoms. The molecule has 0 saturated carbocycles. The second-order valence-corrected chi connectivity index (χ2v) is 5.70. The van der Waals surface area contributed by atoms with Crippen molar-refractivity contribution in [2.24, 2.45) is 11.8 Å². The number of amides is 1. The van der Waals surface area contributed by atoms with Crippen LogP contribution in [0.5, 0.6) is 0 Å². The first-order valence-electron chi connectivity index (χ1n) is 7.48. The maximum absolute atomic E-state index is 12.5. The molecule has 4 heteroatoms. The van der Waals surface area contributed by atoms with E-state index >= 15 is 0 Å². The van der Waals surface area contributed by atoms with E-state index in [0.717, 1.165) is 37.1 Å². The van der Waals surface area contributed by atoms with E-state index in [1.807, 2.05) is 12.3 Å². The van der Waals surface area contributed by atoms with Crippen molar-refractivity contribution in [1.82, 2.24) is 4.98 Å². The molecule has 2 atom stereocenters. The van der Waals surface area contributed by atoms with E-state index in [1.54, 1.807) is 6.20 Å². The van der Waals surface area contributed by atoms with Gasteiger partial charge in [-0.25, -0.2) is 0 Å². The summed E-state index contributed by atoms with van der Waals surface area (Å²) in [4.78, 5) is 16.6. The van der Waals surface area contributed by atoms with Crippen LogP contribution in [-0.4, -0.2) is 23.6 Å². The van der Waals surface area contributed by atoms with Crippen LogP contribution < -0.4 is 5.32 Å². The van der Waals surface area contributed by atoms with E-state index < -0.39 is 0 Å². The molecule has 1 aromatic heterocycles. The Balaban J connectivity index is 2.10. The third-order valence-corrected chi connectivity index (χ3v) is 3.90. The lowest BCUT2D eigenvalue weighted by atomic mass is 9.86. The summed E-state index contributed by atoms with van der Waals surface area (Å²) in [5, 5.41) is 3.06. The van der Waals surface area contributed by atoms with Crippen molar-refractivity contribution >= 4 is 11.6 Å². The van der Waals surface area contributed by atoms with Gasteiger partial charge in [0.25, 0.3) is 0 Å². The van der Waals surface area contributed by atoms with Gasteiger partial charge in [0.15, 0.2) is 0 Å². The zero-order valence-electron chi connectivity index (χ0n) is 12.6. The number of aryl methyl sites for hydroxylation is 1. The van der Waals surface area contributed by atoms with Gasteiger partial charge in [-0.1, -0.05) is 20.8 Å². The van der Waals surface area contributed by atoms with Gasteiger partial charge in [-0.05, 0) is 36.8 Å². The van der Waals surface area contributed by atoms with E-state index in [4.69, 9.17) is 4.74 Å². The van der Waals surface area contributed by atoms with E-state index in [9.17, 15) is 4.79 Å². The van der Waals surface area contributed by atoms with Crippen molar-refractivity contribution in [3.63, 3.8) is 0 Å². The number of carbonyl (C=O) groups excluding carboxylic acids is 1. The summed E-state index contributed by atoms with van der Waals surface area (Å²) in [6, 6.07) is 1.87. The van der Waals surface area contributed by atoms with Crippen molar-refractivity contribution in [3.05, 3.63) is 24.0 Å². The number of rotatable bonds is 4. The predicted octanol–water partition coefficient (Wildman–Crippen LogP) is 3.03. The SMILES string of the molecule is CCc1cnccc1NC(=O)C1CCCOC1C(C)C. The summed E-state index contributed by atoms with van der Waals surface area (Å²) in [7, 11) is 0. The topological polar surface area (TPSA) is 51.2 Å². The van der Waals surface area contributed by atoms with Crippen molar-refractivity contribution in [3.8, 4) is 0 Å². The number of anilines is 1. The van der Waals surface area contributed by atoms with Crippen LogP contribution in [0.3, 0.4) is 0 Å². The van der Waals surface area contributed by atoms with Crippen molar-refractivity contribution < 1.29 is 9.53 Å². The zero-order valence-corrected chi connectivity index (χ0v) is 12.6. The first-order valence-corrected chi connectivity index (χ1v) is 7.48. The van der Waals surface area contributed by atoms with Gasteiger partial charge < -0.3 is 10.1 Å². The average molecular weight is 276 g/mol. The molecule has 0 radical (unpaired) electrons. The molecule has 1 N–H and O–H groups in total. The monoisotopic (exact) mass is 276 g/mol. The molecule has 1 aliphatic rings. The molecule has 2 unspecified atom stereocenters. The third kappa shape index (κ3) is 3.37. The standard InChI is InChI=1S/C16H24N2O2/c1-4-12-10-17-8-7-14(12)18-16(19)13-6-5-9-20-15(13)11(2)3/h7-8,10-11,13,15H,4-6,9H2,1-3H3,(H,17,18,19). The van der Waals surface area contributed by atoms with Crippen molar-refractivity contribution in [2.75, 3.05) is 11.9 Å². The lowest BCUT2D eigenvalue weighted by molar-refractivity contribution is -0.131. The first-order chi connectivity index (χ1) is 9.63. The molecule has 0 aliphatic carbocycles. The van der Waals surface area contributed by atoms with Crippen LogP contribution in [0.25, 0.3) is 0 Å². The fourth-order valence-corrected chi connectivity index (χ4v) is 2.80. The Morgan fingerprint density at radius 1 is 1.55 bits per heavy atom. The van der Waals surface area contributed by atoms with E-state index in [0.29, 0.717) is 5.92 Å². The van der Waals surface area contributed by atoms with E-state index in [2.05, 4.69) is 31.1 Å². The molecule has 1 aliphatic heterocycles. The number of pyridine rings is 1. The van der Waals surface area contributed by atoms with Crippen LogP contribution in [0.2, 0.25) is 0 Å². The molecule has 4 nitrogen and oxygen atoms in total. The molecule has 1 amide bonds. The lowest BCUT2D eigenvalue weighted by Crippen LogP contribution is -2.41. The Kier molecular flexibility index (Phi) is 5.12. The Hall–Kier alpha value is -1.42. The fraction of sp³-hybridized carbons (Fsp3) is 0.625. The van der Waals surface area contributed by atoms with E-state index in [1.165, 1.54) is 0 Å². The Labute approximate surface area is 120 Å². The average Bonchev–Trinajstić information content (AvgIpc) is 2.47. The zero-order chi connectivity index (χ0) is 14.5. The summed E-state index contributed by atoms with van der Waals surface area (Å²) in [6.45, 7) is 7.05. The Morgan fingerprint density at radius 2 is 2.35 bits per heavy atom. The predicted molar refractivity (Wildman–Crippen MR) is 79.5 cm³/mol. The number of hydrogen-bond acceptors (Lipinski definition) is 3. The number of aromatic nitrogens is 1. The highest BCUT2D eigenvalue weighted by Crippen LogP contribution is 2.28. The largest absolute Gasteiger partial charge is 0.377 e. The number of ether oxygens (including phenoxy) is 1. The maximum Gasteiger partial charge on any atom is 0.230 e. The molecule has 1 fully saturated rings. The second kappa shape index (κ2) is 6.84. The van der Waals surface area contributed by atoms with Crippen LogP contribution in [0.1, 0.15) is 39.2 Å². The van der Waals surface area contributed by atoms with Crippen LogP contribution in [-0.2, 0) is 16.0 Å². The minimum atomic E-state index is -0.0541. The van der Waals surface area contributed by atoms with Gasteiger partial charge in [0.2, 0.25) is 5.91 Å². The van der Waals surface area contributed by atoms with Crippen LogP contribution in [0, 0.1) is 11.8 Å². The fourth-order valence-electron chi connectivity index (χ4n) is 2.80. The number of nitrogens with zero attached hydrogens (tertiary/aromatic N) is 1. The van der Waals surface area contributed by atoms with Gasteiger partial charge in [0, 0.05) is 24.7 Å². The highest BCUT2D eigenvalue weighted by Gasteiger charge is 2.34. The lowest BCUT2D eigenvalue weighted by Gasteiger charge is -2.33. The molecule has 1 saturated heterocycles. The molecule has 20 heavy (non-hydrogen) atoms. The molecule has 2 rings (SSSR count). The van der Waals surface area contributed by atoms with Gasteiger partial charge in [0.05, 0.1) is 12.0 Å². The smallest absolute Gasteiger partial charge is 0.230 e. The summed E-state index contributed by atoms with van der Waals surface area (Å²) >= 11 is 0. The number of hydrogen-bond donors (Lipinski definition) is 1. The van der Waals surface area contributed by atoms with Crippen molar-refractivity contribution in [1.29, 1.82) is 0 Å². The normalized spacial score (nSPS) is 22.8. The van der Waals surface area contributed by atoms with Gasteiger partial charge in [-0.15, -0.1) is 0 Å². The minimum Gasteiger partial charge on any atom is -0.377 e. The summed E-state index contributed by atoms with van der Waals surface area (Å²) < 4.78 is 5.79. The molecule has 1 aromatic rings. The molecule has 2 heterocycles. The molecule has 0 aromatic carbocycles. The quantitative estimate of drug-likeness (QED) is 0.919. The molecular formula is C16H24N2O2. The molecule has 110 valence electrons. The highest BCUT2D eigenvalue weighted by atomic mass is 16.5. The van der Waals surface area contributed by atoms with E-state index in [-0.39, 0.29) is 17.9 Å². The summed E-state index contributed by atoms with van der Waals surface area (Å²) in [5.41, 5.74) is 1.94. The van der Waals surface area contributed by atoms with Gasteiger partial charge in [0.1, 0.15) is 0 Å². The summed E-state index contributed by atoms with van der Waals surface area (Å²) in [5.74, 6) is 0.375. The Bertz CT molecular complexity index is 460. The minimum absolute atomic E-state index is 0.0238. The maximum atomic E-state index is 12.5. The highest BCUT2D eigenvalue weighted by molar-refractivity contribution is 5.93. The molecular weight excluding hydrogens is 252 g/mol. The Morgan fingerprint density at radius 3 is 3.05 bits per heavy atom. The van der Waals surface area contributed by atoms with Gasteiger partial charge in [-0.2, -0.15) is 0 Å². The van der Waals surface area contributed by atoms with Gasteiger partial charge in [-0.3, -0.25) is 9.78 Å². The van der Waals surface area contributed by atoms with Crippen molar-refractivity contribution in [2.45, 2.75) is 46.1 Å².